The Morgan fingerprint density at radius 3 is 1.41 bits per heavy atom. The van der Waals surface area contributed by atoms with Crippen LogP contribution in [0.3, 0.4) is 0 Å². The highest BCUT2D eigenvalue weighted by Crippen LogP contribution is 2.32. The fraction of sp³-hybridized carbons (Fsp3) is 0.0588. The van der Waals surface area contributed by atoms with E-state index in [1.807, 2.05) is 24.3 Å². The Hall–Kier alpha value is -5.20. The molecular weight excluding hydrogens is 372 g/mol. The van der Waals surface area contributed by atoms with Crippen molar-refractivity contribution in [2.45, 2.75) is 0 Å². The Morgan fingerprint density at radius 1 is 0.586 bits per heavy atom. The SMILES string of the molecule is CNc1nc2c3nc(C#N)c(C#N)nc3c3nc(N)c(C#N)nc3c2nc1C#N. The molecule has 0 bridgehead atoms. The van der Waals surface area contributed by atoms with Gasteiger partial charge in [0.15, 0.2) is 34.4 Å². The lowest BCUT2D eigenvalue weighted by Crippen LogP contribution is -2.06. The first-order valence-corrected chi connectivity index (χ1v) is 7.87. The molecule has 0 spiro atoms. The van der Waals surface area contributed by atoms with Crippen LogP contribution in [-0.4, -0.2) is 37.0 Å². The van der Waals surface area contributed by atoms with Gasteiger partial charge in [-0.1, -0.05) is 0 Å². The predicted octanol–water partition coefficient (Wildman–Crippen LogP) is 0.627. The number of aromatic nitrogens is 6. The van der Waals surface area contributed by atoms with Gasteiger partial charge >= 0.3 is 0 Å². The fourth-order valence-corrected chi connectivity index (χ4v) is 2.80. The highest BCUT2D eigenvalue weighted by Gasteiger charge is 2.22. The highest BCUT2D eigenvalue weighted by atomic mass is 15.0. The van der Waals surface area contributed by atoms with Crippen molar-refractivity contribution in [1.82, 2.24) is 29.9 Å². The third kappa shape index (κ3) is 2.35. The Balaban J connectivity index is 2.39. The molecule has 0 amide bonds. The molecule has 4 rings (SSSR count). The van der Waals surface area contributed by atoms with E-state index >= 15 is 0 Å². The largest absolute Gasteiger partial charge is 0.381 e. The molecular formula is C17H6N12. The van der Waals surface area contributed by atoms with Crippen LogP contribution in [0.2, 0.25) is 0 Å². The number of nitrogens with zero attached hydrogens (tertiary/aromatic N) is 10. The predicted molar refractivity (Wildman–Crippen MR) is 98.5 cm³/mol. The van der Waals surface area contributed by atoms with E-state index in [2.05, 4.69) is 35.2 Å². The quantitative estimate of drug-likeness (QED) is 0.436. The van der Waals surface area contributed by atoms with E-state index in [0.717, 1.165) is 0 Å². The van der Waals surface area contributed by atoms with Crippen LogP contribution in [-0.2, 0) is 0 Å². The lowest BCUT2D eigenvalue weighted by molar-refractivity contribution is 1.17. The maximum atomic E-state index is 9.38. The second-order valence-corrected chi connectivity index (χ2v) is 5.59. The van der Waals surface area contributed by atoms with Crippen LogP contribution in [0.1, 0.15) is 22.8 Å². The standard InChI is InChI=1S/C17H6N12/c1-23-17-9(5-21)27-13-11-14(28-16(22)8(4-20)26-11)10-12(15(13)29-17)25-7(3-19)6(2-18)24-10/h1H3,(H2,22,28)(H,23,29). The molecule has 0 fully saturated rings. The van der Waals surface area contributed by atoms with Crippen molar-refractivity contribution in [2.75, 3.05) is 18.1 Å². The first-order valence-electron chi connectivity index (χ1n) is 7.87. The molecule has 0 radical (unpaired) electrons. The first-order chi connectivity index (χ1) is 14.1. The zero-order valence-electron chi connectivity index (χ0n) is 14.5. The molecule has 3 aromatic heterocycles. The topological polar surface area (TPSA) is 211 Å². The van der Waals surface area contributed by atoms with Crippen LogP contribution >= 0.6 is 0 Å². The maximum Gasteiger partial charge on any atom is 0.183 e. The minimum atomic E-state index is -0.208. The van der Waals surface area contributed by atoms with Gasteiger partial charge in [0.1, 0.15) is 57.4 Å². The van der Waals surface area contributed by atoms with Gasteiger partial charge < -0.3 is 11.1 Å². The lowest BCUT2D eigenvalue weighted by atomic mass is 10.1. The minimum absolute atomic E-state index is 0.0140. The van der Waals surface area contributed by atoms with Gasteiger partial charge in [-0.05, 0) is 0 Å². The number of nitrogens with two attached hydrogens (primary N) is 1. The van der Waals surface area contributed by atoms with Gasteiger partial charge in [0.05, 0.1) is 0 Å². The summed E-state index contributed by atoms with van der Waals surface area (Å²) in [5.41, 5.74) is 6.03. The average Bonchev–Trinajstić information content (AvgIpc) is 2.76. The lowest BCUT2D eigenvalue weighted by Gasteiger charge is -2.10. The summed E-state index contributed by atoms with van der Waals surface area (Å²) < 4.78 is 0. The number of anilines is 2. The Labute approximate surface area is 161 Å². The minimum Gasteiger partial charge on any atom is -0.381 e. The molecule has 4 aromatic rings. The van der Waals surface area contributed by atoms with Crippen molar-refractivity contribution in [2.24, 2.45) is 0 Å². The molecule has 29 heavy (non-hydrogen) atoms. The molecule has 0 unspecified atom stereocenters. The summed E-state index contributed by atoms with van der Waals surface area (Å²) in [6.07, 6.45) is 0. The second-order valence-electron chi connectivity index (χ2n) is 5.59. The van der Waals surface area contributed by atoms with Crippen LogP contribution < -0.4 is 11.1 Å². The molecule has 0 aliphatic heterocycles. The average molecular weight is 378 g/mol. The zero-order chi connectivity index (χ0) is 20.7. The Bertz CT molecular complexity index is 1520. The monoisotopic (exact) mass is 378 g/mol. The van der Waals surface area contributed by atoms with E-state index in [1.54, 1.807) is 7.05 Å². The van der Waals surface area contributed by atoms with Crippen molar-refractivity contribution in [3.05, 3.63) is 22.8 Å². The number of benzene rings is 1. The van der Waals surface area contributed by atoms with Gasteiger partial charge in [0.25, 0.3) is 0 Å². The molecule has 3 heterocycles. The van der Waals surface area contributed by atoms with Crippen LogP contribution in [0.4, 0.5) is 11.6 Å². The number of hydrogen-bond donors (Lipinski definition) is 2. The third-order valence-electron chi connectivity index (χ3n) is 4.05. The number of nitrogens with one attached hydrogen (secondary N) is 1. The number of hydrogen-bond acceptors (Lipinski definition) is 12. The van der Waals surface area contributed by atoms with Gasteiger partial charge in [0, 0.05) is 7.05 Å². The molecule has 1 aromatic carbocycles. The summed E-state index contributed by atoms with van der Waals surface area (Å²) in [6.45, 7) is 0. The van der Waals surface area contributed by atoms with E-state index in [0.29, 0.717) is 0 Å². The number of nitriles is 4. The summed E-state index contributed by atoms with van der Waals surface area (Å²) >= 11 is 0. The molecule has 0 saturated carbocycles. The molecule has 12 nitrogen and oxygen atoms in total. The van der Waals surface area contributed by atoms with Crippen LogP contribution in [0.5, 0.6) is 0 Å². The van der Waals surface area contributed by atoms with E-state index in [9.17, 15) is 21.0 Å². The normalized spacial score (nSPS) is 10.2. The molecule has 0 saturated heterocycles. The van der Waals surface area contributed by atoms with E-state index in [4.69, 9.17) is 5.73 Å². The summed E-state index contributed by atoms with van der Waals surface area (Å²) in [5, 5.41) is 40.0. The van der Waals surface area contributed by atoms with Crippen LogP contribution in [0.25, 0.3) is 33.1 Å². The molecule has 134 valence electrons. The van der Waals surface area contributed by atoms with E-state index in [1.165, 1.54) is 0 Å². The Morgan fingerprint density at radius 2 is 0.966 bits per heavy atom. The van der Waals surface area contributed by atoms with Crippen molar-refractivity contribution < 1.29 is 0 Å². The van der Waals surface area contributed by atoms with Crippen molar-refractivity contribution in [1.29, 1.82) is 21.0 Å². The number of fused-ring (bicyclic) bond motifs is 6. The maximum absolute atomic E-state index is 9.38. The summed E-state index contributed by atoms with van der Waals surface area (Å²) in [7, 11) is 1.56. The number of nitrogen functional groups attached to an aromatic ring is 1. The zero-order valence-corrected chi connectivity index (χ0v) is 14.5. The summed E-state index contributed by atoms with van der Waals surface area (Å²) in [5.74, 6) is 0.0276. The van der Waals surface area contributed by atoms with E-state index < -0.39 is 0 Å². The van der Waals surface area contributed by atoms with Gasteiger partial charge in [-0.15, -0.1) is 0 Å². The third-order valence-corrected chi connectivity index (χ3v) is 4.05. The van der Waals surface area contributed by atoms with Crippen molar-refractivity contribution in [3.63, 3.8) is 0 Å². The molecule has 3 N–H and O–H groups in total. The van der Waals surface area contributed by atoms with Crippen molar-refractivity contribution >= 4 is 44.7 Å². The summed E-state index contributed by atoms with van der Waals surface area (Å²) in [6, 6.07) is 7.39. The van der Waals surface area contributed by atoms with Gasteiger partial charge in [-0.2, -0.15) is 21.0 Å². The van der Waals surface area contributed by atoms with Gasteiger partial charge in [-0.3, -0.25) is 0 Å². The van der Waals surface area contributed by atoms with Gasteiger partial charge in [0.2, 0.25) is 0 Å². The molecule has 0 aliphatic carbocycles. The highest BCUT2D eigenvalue weighted by molar-refractivity contribution is 6.18. The van der Waals surface area contributed by atoms with Crippen LogP contribution in [0, 0.1) is 45.3 Å². The smallest absolute Gasteiger partial charge is 0.183 e. The summed E-state index contributed by atoms with van der Waals surface area (Å²) in [4.78, 5) is 25.5. The first kappa shape index (κ1) is 17.2. The van der Waals surface area contributed by atoms with Crippen molar-refractivity contribution in [3.8, 4) is 24.3 Å². The Kier molecular flexibility index (Phi) is 3.68. The fourth-order valence-electron chi connectivity index (χ4n) is 2.80. The van der Waals surface area contributed by atoms with Gasteiger partial charge in [-0.25, -0.2) is 29.9 Å². The molecule has 12 heteroatoms. The number of rotatable bonds is 1. The molecule has 0 atom stereocenters. The van der Waals surface area contributed by atoms with E-state index in [-0.39, 0.29) is 67.5 Å². The second kappa shape index (κ2) is 6.20. The van der Waals surface area contributed by atoms with Crippen LogP contribution in [0.15, 0.2) is 0 Å². The molecule has 0 aliphatic rings.